The molecular weight excluding hydrogens is 336 g/mol. The molecule has 1 aliphatic rings. The predicted molar refractivity (Wildman–Crippen MR) is 110 cm³/mol. The highest BCUT2D eigenvalue weighted by Gasteiger charge is 2.45. The molecule has 2 unspecified atom stereocenters. The molecule has 2 aromatic rings. The summed E-state index contributed by atoms with van der Waals surface area (Å²) in [5.41, 5.74) is 1.71. The van der Waals surface area contributed by atoms with Gasteiger partial charge in [0.1, 0.15) is 6.04 Å². The van der Waals surface area contributed by atoms with Gasteiger partial charge in [-0.15, -0.1) is 0 Å². The second-order valence-corrected chi connectivity index (χ2v) is 7.43. The zero-order valence-corrected chi connectivity index (χ0v) is 16.6. The highest BCUT2D eigenvalue weighted by Crippen LogP contribution is 2.30. The van der Waals surface area contributed by atoms with Crippen molar-refractivity contribution in [2.75, 3.05) is 38.8 Å². The van der Waals surface area contributed by atoms with Crippen LogP contribution in [0.25, 0.3) is 0 Å². The first-order valence-corrected chi connectivity index (χ1v) is 9.73. The average molecular weight is 367 g/mol. The van der Waals surface area contributed by atoms with Crippen molar-refractivity contribution in [3.8, 4) is 0 Å². The number of rotatable bonds is 7. The maximum atomic E-state index is 13.9. The Labute approximate surface area is 162 Å². The number of para-hydroxylation sites is 1. The standard InChI is InChI=1S/C23H30N2O2/c1-4-23(24(2)3,17-19-11-7-5-8-12-19)22(26)21-18-27-16-15-25(21)20-13-9-6-10-14-20/h5-14,21H,4,15-18H2,1-3H3. The van der Waals surface area contributed by atoms with E-state index in [1.807, 2.05) is 50.5 Å². The molecule has 0 aliphatic carbocycles. The van der Waals surface area contributed by atoms with E-state index >= 15 is 0 Å². The lowest BCUT2D eigenvalue weighted by Crippen LogP contribution is -2.62. The van der Waals surface area contributed by atoms with Crippen molar-refractivity contribution in [1.82, 2.24) is 4.90 Å². The van der Waals surface area contributed by atoms with Gasteiger partial charge in [-0.2, -0.15) is 0 Å². The van der Waals surface area contributed by atoms with Crippen LogP contribution >= 0.6 is 0 Å². The number of carbonyl (C=O) groups excluding carboxylic acids is 1. The van der Waals surface area contributed by atoms with Crippen molar-refractivity contribution >= 4 is 11.5 Å². The van der Waals surface area contributed by atoms with Gasteiger partial charge >= 0.3 is 0 Å². The number of hydrogen-bond donors (Lipinski definition) is 0. The Morgan fingerprint density at radius 2 is 1.74 bits per heavy atom. The van der Waals surface area contributed by atoms with E-state index in [4.69, 9.17) is 4.74 Å². The third-order valence-electron chi connectivity index (χ3n) is 5.76. The Bertz CT molecular complexity index is 733. The second-order valence-electron chi connectivity index (χ2n) is 7.43. The number of ether oxygens (including phenoxy) is 1. The molecule has 3 rings (SSSR count). The van der Waals surface area contributed by atoms with Crippen LogP contribution in [0, 0.1) is 0 Å². The molecule has 1 fully saturated rings. The molecule has 0 spiro atoms. The first kappa shape index (κ1) is 19.6. The topological polar surface area (TPSA) is 32.8 Å². The predicted octanol–water partition coefficient (Wildman–Crippen LogP) is 3.41. The fourth-order valence-electron chi connectivity index (χ4n) is 4.07. The van der Waals surface area contributed by atoms with Gasteiger partial charge in [-0.25, -0.2) is 0 Å². The molecule has 0 N–H and O–H groups in total. The summed E-state index contributed by atoms with van der Waals surface area (Å²) in [5.74, 6) is 0.238. The highest BCUT2D eigenvalue weighted by atomic mass is 16.5. The number of likely N-dealkylation sites (N-methyl/N-ethyl adjacent to an activating group) is 1. The summed E-state index contributed by atoms with van der Waals surface area (Å²) in [4.78, 5) is 18.2. The fraction of sp³-hybridized carbons (Fsp3) is 0.435. The average Bonchev–Trinajstić information content (AvgIpc) is 2.72. The zero-order valence-electron chi connectivity index (χ0n) is 16.6. The molecule has 1 saturated heterocycles. The Kier molecular flexibility index (Phi) is 6.30. The van der Waals surface area contributed by atoms with E-state index in [-0.39, 0.29) is 11.8 Å². The third-order valence-corrected chi connectivity index (χ3v) is 5.76. The number of nitrogens with zero attached hydrogens (tertiary/aromatic N) is 2. The van der Waals surface area contributed by atoms with Gasteiger partial charge in [0, 0.05) is 12.2 Å². The molecule has 27 heavy (non-hydrogen) atoms. The summed E-state index contributed by atoms with van der Waals surface area (Å²) in [6.07, 6.45) is 1.46. The summed E-state index contributed by atoms with van der Waals surface area (Å²) in [7, 11) is 4.03. The molecular formula is C23H30N2O2. The lowest BCUT2D eigenvalue weighted by atomic mass is 9.79. The minimum atomic E-state index is -0.556. The lowest BCUT2D eigenvalue weighted by Gasteiger charge is -2.45. The first-order valence-electron chi connectivity index (χ1n) is 9.73. The Morgan fingerprint density at radius 3 is 2.33 bits per heavy atom. The van der Waals surface area contributed by atoms with Crippen molar-refractivity contribution in [3.63, 3.8) is 0 Å². The molecule has 1 aliphatic heterocycles. The molecule has 0 saturated carbocycles. The van der Waals surface area contributed by atoms with E-state index in [1.165, 1.54) is 5.56 Å². The van der Waals surface area contributed by atoms with Gasteiger partial charge in [-0.05, 0) is 44.6 Å². The van der Waals surface area contributed by atoms with E-state index in [0.717, 1.165) is 18.7 Å². The van der Waals surface area contributed by atoms with Crippen LogP contribution in [0.15, 0.2) is 60.7 Å². The Hall–Kier alpha value is -2.17. The Balaban J connectivity index is 1.94. The summed E-state index contributed by atoms with van der Waals surface area (Å²) < 4.78 is 5.74. The number of hydrogen-bond acceptors (Lipinski definition) is 4. The van der Waals surface area contributed by atoms with Crippen molar-refractivity contribution < 1.29 is 9.53 Å². The van der Waals surface area contributed by atoms with E-state index in [9.17, 15) is 4.79 Å². The van der Waals surface area contributed by atoms with Crippen LogP contribution in [0.1, 0.15) is 18.9 Å². The number of benzene rings is 2. The van der Waals surface area contributed by atoms with E-state index in [2.05, 4.69) is 41.0 Å². The van der Waals surface area contributed by atoms with Gasteiger partial charge in [-0.1, -0.05) is 55.5 Å². The zero-order chi connectivity index (χ0) is 19.3. The number of Topliss-reactive ketones (excluding diaryl/α,β-unsaturated/α-hetero) is 1. The van der Waals surface area contributed by atoms with Crippen molar-refractivity contribution in [3.05, 3.63) is 66.2 Å². The monoisotopic (exact) mass is 366 g/mol. The van der Waals surface area contributed by atoms with Crippen LogP contribution in [0.3, 0.4) is 0 Å². The summed E-state index contributed by atoms with van der Waals surface area (Å²) in [5, 5.41) is 0. The number of anilines is 1. The fourth-order valence-corrected chi connectivity index (χ4v) is 4.07. The first-order chi connectivity index (χ1) is 13.1. The van der Waals surface area contributed by atoms with Gasteiger partial charge < -0.3 is 9.64 Å². The molecule has 144 valence electrons. The van der Waals surface area contributed by atoms with E-state index < -0.39 is 5.54 Å². The number of carbonyl (C=O) groups is 1. The molecule has 0 radical (unpaired) electrons. The van der Waals surface area contributed by atoms with E-state index in [0.29, 0.717) is 19.6 Å². The van der Waals surface area contributed by atoms with Gasteiger partial charge in [-0.3, -0.25) is 9.69 Å². The minimum absolute atomic E-state index is 0.238. The Morgan fingerprint density at radius 1 is 1.11 bits per heavy atom. The molecule has 4 heteroatoms. The quantitative estimate of drug-likeness (QED) is 0.752. The smallest absolute Gasteiger partial charge is 0.178 e. The molecule has 0 bridgehead atoms. The van der Waals surface area contributed by atoms with Gasteiger partial charge in [0.25, 0.3) is 0 Å². The molecule has 2 aromatic carbocycles. The molecule has 4 nitrogen and oxygen atoms in total. The van der Waals surface area contributed by atoms with Crippen LogP contribution in [0.5, 0.6) is 0 Å². The van der Waals surface area contributed by atoms with Crippen molar-refractivity contribution in [2.24, 2.45) is 0 Å². The second kappa shape index (κ2) is 8.68. The SMILES string of the molecule is CCC(Cc1ccccc1)(C(=O)C1COCCN1c1ccccc1)N(C)C. The minimum Gasteiger partial charge on any atom is -0.377 e. The van der Waals surface area contributed by atoms with Crippen molar-refractivity contribution in [2.45, 2.75) is 31.3 Å². The van der Waals surface area contributed by atoms with Crippen LogP contribution in [-0.2, 0) is 16.0 Å². The summed E-state index contributed by atoms with van der Waals surface area (Å²) >= 11 is 0. The molecule has 0 amide bonds. The molecule has 1 heterocycles. The van der Waals surface area contributed by atoms with Gasteiger partial charge in [0.15, 0.2) is 5.78 Å². The highest BCUT2D eigenvalue weighted by molar-refractivity contribution is 5.96. The third kappa shape index (κ3) is 4.07. The van der Waals surface area contributed by atoms with Crippen LogP contribution < -0.4 is 4.90 Å². The number of morpholine rings is 1. The summed E-state index contributed by atoms with van der Waals surface area (Å²) in [6.45, 7) is 3.94. The lowest BCUT2D eigenvalue weighted by molar-refractivity contribution is -0.134. The van der Waals surface area contributed by atoms with E-state index in [1.54, 1.807) is 0 Å². The maximum absolute atomic E-state index is 13.9. The van der Waals surface area contributed by atoms with Gasteiger partial charge in [0.05, 0.1) is 18.8 Å². The van der Waals surface area contributed by atoms with Gasteiger partial charge in [0.2, 0.25) is 0 Å². The van der Waals surface area contributed by atoms with Crippen LogP contribution in [0.4, 0.5) is 5.69 Å². The van der Waals surface area contributed by atoms with Crippen LogP contribution in [-0.4, -0.2) is 56.1 Å². The number of ketones is 1. The van der Waals surface area contributed by atoms with Crippen molar-refractivity contribution in [1.29, 1.82) is 0 Å². The normalized spacial score (nSPS) is 19.7. The largest absolute Gasteiger partial charge is 0.377 e. The molecule has 2 atom stereocenters. The summed E-state index contributed by atoms with van der Waals surface area (Å²) in [6, 6.07) is 20.2. The maximum Gasteiger partial charge on any atom is 0.178 e. The molecule has 0 aromatic heterocycles. The van der Waals surface area contributed by atoms with Crippen LogP contribution in [0.2, 0.25) is 0 Å².